The number of amides is 3. The molecule has 0 aliphatic rings. The number of nitrogens with zero attached hydrogens (tertiary/aromatic N) is 4. The van der Waals surface area contributed by atoms with Crippen molar-refractivity contribution < 1.29 is 19.1 Å². The summed E-state index contributed by atoms with van der Waals surface area (Å²) in [5.41, 5.74) is 4.38. The fraction of sp³-hybridized carbons (Fsp3) is 0.372. The van der Waals surface area contributed by atoms with Gasteiger partial charge in [0.25, 0.3) is 0 Å². The summed E-state index contributed by atoms with van der Waals surface area (Å²) in [6.07, 6.45) is 5.36. The average Bonchev–Trinajstić information content (AvgIpc) is 3.84. The van der Waals surface area contributed by atoms with Gasteiger partial charge >= 0.3 is 6.09 Å². The van der Waals surface area contributed by atoms with Crippen molar-refractivity contribution in [3.05, 3.63) is 101 Å². The van der Waals surface area contributed by atoms with E-state index in [1.54, 1.807) is 51.8 Å². The maximum Gasteiger partial charge on any atom is 0.413 e. The van der Waals surface area contributed by atoms with Crippen LogP contribution in [0.5, 0.6) is 5.75 Å². The molecule has 3 aromatic carbocycles. The van der Waals surface area contributed by atoms with Crippen molar-refractivity contribution in [1.29, 1.82) is 0 Å². The van der Waals surface area contributed by atoms with Gasteiger partial charge in [0.15, 0.2) is 0 Å². The van der Waals surface area contributed by atoms with Gasteiger partial charge in [0.05, 0.1) is 22.8 Å². The Kier molecular flexibility index (Phi) is 14.5. The van der Waals surface area contributed by atoms with Crippen LogP contribution in [0, 0.1) is 11.8 Å². The monoisotopic (exact) mass is 765 g/mol. The van der Waals surface area contributed by atoms with E-state index in [0.717, 1.165) is 61.4 Å². The fourth-order valence-electron chi connectivity index (χ4n) is 6.05. The van der Waals surface area contributed by atoms with E-state index in [0.29, 0.717) is 37.7 Å². The fourth-order valence-corrected chi connectivity index (χ4v) is 7.93. The first-order chi connectivity index (χ1) is 26.0. The summed E-state index contributed by atoms with van der Waals surface area (Å²) in [6, 6.07) is 25.0. The first kappa shape index (κ1) is 40.3. The van der Waals surface area contributed by atoms with Crippen LogP contribution in [0.1, 0.15) is 70.8 Å². The third-order valence-electron chi connectivity index (χ3n) is 8.83. The number of aromatic nitrogens is 2. The summed E-state index contributed by atoms with van der Waals surface area (Å²) in [7, 11) is 0. The molecule has 5 aromatic rings. The van der Waals surface area contributed by atoms with Crippen molar-refractivity contribution in [2.45, 2.75) is 79.9 Å². The molecule has 3 amide bonds. The van der Waals surface area contributed by atoms with Crippen molar-refractivity contribution in [3.8, 4) is 37.8 Å². The first-order valence-electron chi connectivity index (χ1n) is 18.7. The van der Waals surface area contributed by atoms with Crippen LogP contribution < -0.4 is 10.1 Å². The van der Waals surface area contributed by atoms with Crippen molar-refractivity contribution >= 4 is 40.6 Å². The molecule has 0 spiro atoms. The Labute approximate surface area is 327 Å². The zero-order valence-electron chi connectivity index (χ0n) is 32.1. The second-order valence-electron chi connectivity index (χ2n) is 14.1. The third-order valence-corrected chi connectivity index (χ3v) is 10.9. The molecule has 0 bridgehead atoms. The lowest BCUT2D eigenvalue weighted by atomic mass is 10.0. The molecule has 0 saturated carbocycles. The lowest BCUT2D eigenvalue weighted by Crippen LogP contribution is -2.51. The summed E-state index contributed by atoms with van der Waals surface area (Å²) in [5, 5.41) is 4.56. The van der Waals surface area contributed by atoms with Crippen LogP contribution in [-0.2, 0) is 22.7 Å². The third kappa shape index (κ3) is 11.1. The summed E-state index contributed by atoms with van der Waals surface area (Å²) >= 11 is 3.20. The Morgan fingerprint density at radius 1 is 0.685 bits per heavy atom. The molecule has 0 aliphatic carbocycles. The maximum atomic E-state index is 13.7. The van der Waals surface area contributed by atoms with E-state index in [1.807, 2.05) is 44.1 Å². The molecule has 54 heavy (non-hydrogen) atoms. The van der Waals surface area contributed by atoms with Gasteiger partial charge in [-0.05, 0) is 59.1 Å². The number of rotatable bonds is 17. The number of benzene rings is 3. The lowest BCUT2D eigenvalue weighted by Gasteiger charge is -2.29. The van der Waals surface area contributed by atoms with Crippen LogP contribution in [-0.4, -0.2) is 56.8 Å². The van der Waals surface area contributed by atoms with Crippen molar-refractivity contribution in [2.24, 2.45) is 11.8 Å². The SMILES string of the molecule is CCCN(Cc1ncc(-c2ccc(-c3ccc(-c4cnc(CN(CCC)C(=O)C(NC(=O)Oc5ccccc5)C(C)C)s4)cc3)cc2)s1)C(=O)CC(C)C. The maximum absolute atomic E-state index is 13.7. The van der Waals surface area contributed by atoms with E-state index in [4.69, 9.17) is 4.74 Å². The zero-order chi connectivity index (χ0) is 38.6. The molecule has 0 aliphatic heterocycles. The minimum atomic E-state index is -0.735. The number of nitrogens with one attached hydrogen (secondary N) is 1. The summed E-state index contributed by atoms with van der Waals surface area (Å²) in [5.74, 6) is 0.640. The Balaban J connectivity index is 1.20. The van der Waals surface area contributed by atoms with Gasteiger partial charge in [0.1, 0.15) is 21.8 Å². The van der Waals surface area contributed by atoms with Gasteiger partial charge in [-0.2, -0.15) is 0 Å². The number of carbonyl (C=O) groups is 3. The number of hydrogen-bond acceptors (Lipinski definition) is 8. The van der Waals surface area contributed by atoms with Crippen molar-refractivity contribution in [2.75, 3.05) is 13.1 Å². The highest BCUT2D eigenvalue weighted by Gasteiger charge is 2.30. The highest BCUT2D eigenvalue weighted by Crippen LogP contribution is 2.32. The van der Waals surface area contributed by atoms with Gasteiger partial charge in [-0.15, -0.1) is 22.7 Å². The van der Waals surface area contributed by atoms with Gasteiger partial charge in [0, 0.05) is 31.9 Å². The molecule has 5 rings (SSSR count). The number of carbonyl (C=O) groups excluding carboxylic acids is 3. The van der Waals surface area contributed by atoms with Crippen LogP contribution in [0.25, 0.3) is 32.0 Å². The second-order valence-corrected chi connectivity index (χ2v) is 16.4. The van der Waals surface area contributed by atoms with E-state index in [-0.39, 0.29) is 17.7 Å². The van der Waals surface area contributed by atoms with Crippen LogP contribution in [0.15, 0.2) is 91.3 Å². The van der Waals surface area contributed by atoms with Gasteiger partial charge in [-0.25, -0.2) is 14.8 Å². The summed E-state index contributed by atoms with van der Waals surface area (Å²) < 4.78 is 5.40. The Morgan fingerprint density at radius 2 is 1.17 bits per heavy atom. The molecule has 284 valence electrons. The molecule has 1 unspecified atom stereocenters. The predicted octanol–water partition coefficient (Wildman–Crippen LogP) is 9.94. The average molecular weight is 766 g/mol. The van der Waals surface area contributed by atoms with Gasteiger partial charge < -0.3 is 19.9 Å². The quantitative estimate of drug-likeness (QED) is 0.101. The standard InChI is InChI=1S/C43H51N5O4S2/c1-7-22-47(40(49)24-29(3)4)27-38-44-25-36(53-38)33-18-14-31(15-19-33)32-16-20-34(21-17-32)37-26-45-39(54-37)28-48(23-8-2)42(50)41(30(5)6)46-43(51)52-35-12-10-9-11-13-35/h9-21,25-26,29-30,41H,7-8,22-24,27-28H2,1-6H3,(H,46,51). The Bertz CT molecular complexity index is 1960. The van der Waals surface area contributed by atoms with Crippen LogP contribution in [0.4, 0.5) is 4.79 Å². The van der Waals surface area contributed by atoms with Crippen LogP contribution in [0.2, 0.25) is 0 Å². The van der Waals surface area contributed by atoms with Crippen LogP contribution in [0.3, 0.4) is 0 Å². The largest absolute Gasteiger partial charge is 0.413 e. The molecular weight excluding hydrogens is 715 g/mol. The minimum Gasteiger partial charge on any atom is -0.410 e. The molecule has 0 radical (unpaired) electrons. The lowest BCUT2D eigenvalue weighted by molar-refractivity contribution is -0.135. The second kappa shape index (κ2) is 19.5. The smallest absolute Gasteiger partial charge is 0.410 e. The van der Waals surface area contributed by atoms with E-state index < -0.39 is 12.1 Å². The molecule has 2 heterocycles. The normalized spacial score (nSPS) is 11.8. The minimum absolute atomic E-state index is 0.138. The molecule has 0 fully saturated rings. The summed E-state index contributed by atoms with van der Waals surface area (Å²) in [6.45, 7) is 14.3. The molecule has 11 heteroatoms. The Morgan fingerprint density at radius 3 is 1.65 bits per heavy atom. The van der Waals surface area contributed by atoms with Gasteiger partial charge in [0.2, 0.25) is 11.8 Å². The van der Waals surface area contributed by atoms with E-state index in [2.05, 4.69) is 84.6 Å². The van der Waals surface area contributed by atoms with Gasteiger partial charge in [-0.1, -0.05) is 108 Å². The van der Waals surface area contributed by atoms with E-state index in [1.165, 1.54) is 0 Å². The van der Waals surface area contributed by atoms with Gasteiger partial charge in [-0.3, -0.25) is 9.59 Å². The number of ether oxygens (including phenoxy) is 1. The highest BCUT2D eigenvalue weighted by molar-refractivity contribution is 7.15. The molecule has 1 N–H and O–H groups in total. The van der Waals surface area contributed by atoms with Crippen molar-refractivity contribution in [3.63, 3.8) is 0 Å². The van der Waals surface area contributed by atoms with Crippen molar-refractivity contribution in [1.82, 2.24) is 25.1 Å². The topological polar surface area (TPSA) is 105 Å². The number of thiazole rings is 2. The zero-order valence-corrected chi connectivity index (χ0v) is 33.7. The molecule has 0 saturated heterocycles. The van der Waals surface area contributed by atoms with Crippen LogP contribution >= 0.6 is 22.7 Å². The first-order valence-corrected chi connectivity index (χ1v) is 20.4. The molecular formula is C43H51N5O4S2. The Hall–Kier alpha value is -4.87. The molecule has 2 aromatic heterocycles. The van der Waals surface area contributed by atoms with E-state index >= 15 is 0 Å². The number of para-hydroxylation sites is 1. The predicted molar refractivity (Wildman–Crippen MR) is 219 cm³/mol. The molecule has 9 nitrogen and oxygen atoms in total. The summed E-state index contributed by atoms with van der Waals surface area (Å²) in [4.78, 5) is 54.3. The number of hydrogen-bond donors (Lipinski definition) is 1. The van der Waals surface area contributed by atoms with E-state index in [9.17, 15) is 14.4 Å². The highest BCUT2D eigenvalue weighted by atomic mass is 32.1. The molecule has 1 atom stereocenters.